The van der Waals surface area contributed by atoms with E-state index in [0.717, 1.165) is 40.3 Å². The Morgan fingerprint density at radius 1 is 1.31 bits per heavy atom. The summed E-state index contributed by atoms with van der Waals surface area (Å²) in [5.41, 5.74) is 3.20. The quantitative estimate of drug-likeness (QED) is 0.737. The molecule has 6 nitrogen and oxygen atoms in total. The average molecular weight is 370 g/mol. The van der Waals surface area contributed by atoms with E-state index in [1.165, 1.54) is 19.3 Å². The summed E-state index contributed by atoms with van der Waals surface area (Å²) in [5.74, 6) is 0. The number of fused-ring (bicyclic) bond motifs is 3. The summed E-state index contributed by atoms with van der Waals surface area (Å²) >= 11 is 1.58. The predicted octanol–water partition coefficient (Wildman–Crippen LogP) is 3.34. The number of nitrogens with zero attached hydrogens (tertiary/aromatic N) is 3. The molecule has 0 amide bonds. The molecular weight excluding hydrogens is 348 g/mol. The lowest BCUT2D eigenvalue weighted by Gasteiger charge is -2.41. The van der Waals surface area contributed by atoms with Crippen LogP contribution in [0.1, 0.15) is 37.9 Å². The fourth-order valence-electron chi connectivity index (χ4n) is 4.17. The predicted molar refractivity (Wildman–Crippen MR) is 103 cm³/mol. The van der Waals surface area contributed by atoms with Crippen LogP contribution < -0.4 is 10.2 Å². The first-order chi connectivity index (χ1) is 12.7. The zero-order valence-corrected chi connectivity index (χ0v) is 15.5. The number of rotatable bonds is 3. The Morgan fingerprint density at radius 2 is 2.12 bits per heavy atom. The summed E-state index contributed by atoms with van der Waals surface area (Å²) in [7, 11) is 0. The molecule has 2 fully saturated rings. The number of nitrogens with one attached hydrogen (secondary N) is 1. The lowest BCUT2D eigenvalue weighted by molar-refractivity contribution is 0.200. The first kappa shape index (κ1) is 16.2. The summed E-state index contributed by atoms with van der Waals surface area (Å²) in [5, 5.41) is 16.7. The van der Waals surface area contributed by atoms with Gasteiger partial charge >= 0.3 is 0 Å². The lowest BCUT2D eigenvalue weighted by Crippen LogP contribution is -2.58. The van der Waals surface area contributed by atoms with Gasteiger partial charge in [-0.2, -0.15) is 4.98 Å². The molecule has 2 aromatic heterocycles. The Bertz CT molecular complexity index is 909. The molecule has 5 rings (SSSR count). The number of hydrogen-bond donors (Lipinski definition) is 2. The first-order valence-corrected chi connectivity index (χ1v) is 10.1. The van der Waals surface area contributed by atoms with Gasteiger partial charge in [0.2, 0.25) is 0 Å². The molecule has 3 unspecified atom stereocenters. The van der Waals surface area contributed by atoms with Crippen molar-refractivity contribution in [1.29, 1.82) is 0 Å². The number of thiazole rings is 1. The van der Waals surface area contributed by atoms with E-state index in [1.54, 1.807) is 24.5 Å². The fourth-order valence-corrected chi connectivity index (χ4v) is 4.83. The molecule has 3 aromatic rings. The molecule has 4 heterocycles. The van der Waals surface area contributed by atoms with Crippen molar-refractivity contribution in [3.8, 4) is 10.6 Å². The molecule has 2 bridgehead atoms. The molecule has 2 aliphatic rings. The van der Waals surface area contributed by atoms with Crippen molar-refractivity contribution in [3.63, 3.8) is 0 Å². The smallest absolute Gasteiger partial charge is 0.298 e. The lowest BCUT2D eigenvalue weighted by atomic mass is 9.94. The number of aliphatic hydroxyl groups is 1. The van der Waals surface area contributed by atoms with Gasteiger partial charge in [-0.3, -0.25) is 0 Å². The van der Waals surface area contributed by atoms with Gasteiger partial charge in [-0.15, -0.1) is 11.3 Å². The number of anilines is 1. The maximum Gasteiger partial charge on any atom is 0.298 e. The normalized spacial score (nSPS) is 24.2. The van der Waals surface area contributed by atoms with Crippen LogP contribution in [0.15, 0.2) is 28.1 Å². The number of oxazole rings is 1. The van der Waals surface area contributed by atoms with Crippen LogP contribution in [0.2, 0.25) is 0 Å². The van der Waals surface area contributed by atoms with Gasteiger partial charge in [0.05, 0.1) is 11.7 Å². The Hall–Kier alpha value is -1.96. The minimum absolute atomic E-state index is 0.507. The highest BCUT2D eigenvalue weighted by Crippen LogP contribution is 2.37. The molecule has 2 N–H and O–H groups in total. The maximum atomic E-state index is 10.2. The van der Waals surface area contributed by atoms with Crippen molar-refractivity contribution >= 4 is 28.5 Å². The third-order valence-corrected chi connectivity index (χ3v) is 6.21. The van der Waals surface area contributed by atoms with Crippen LogP contribution in [0.4, 0.5) is 6.01 Å². The molecule has 0 saturated carbocycles. The van der Waals surface area contributed by atoms with Crippen LogP contribution in [-0.4, -0.2) is 40.2 Å². The number of aliphatic hydroxyl groups excluding tert-OH is 1. The van der Waals surface area contributed by atoms with E-state index in [1.807, 2.05) is 17.5 Å². The van der Waals surface area contributed by atoms with Crippen molar-refractivity contribution < 1.29 is 9.52 Å². The van der Waals surface area contributed by atoms with E-state index >= 15 is 0 Å². The van der Waals surface area contributed by atoms with Crippen molar-refractivity contribution in [3.05, 3.63) is 29.3 Å². The molecule has 3 atom stereocenters. The van der Waals surface area contributed by atoms with E-state index in [2.05, 4.69) is 15.2 Å². The minimum Gasteiger partial charge on any atom is -0.423 e. The minimum atomic E-state index is -0.594. The number of piperazine rings is 1. The summed E-state index contributed by atoms with van der Waals surface area (Å²) in [6.45, 7) is 3.60. The summed E-state index contributed by atoms with van der Waals surface area (Å²) in [4.78, 5) is 11.5. The second-order valence-corrected chi connectivity index (χ2v) is 8.18. The molecule has 0 aliphatic carbocycles. The third-order valence-electron chi connectivity index (χ3n) is 5.40. The molecule has 136 valence electrons. The van der Waals surface area contributed by atoms with Gasteiger partial charge in [-0.25, -0.2) is 4.98 Å². The molecule has 2 saturated heterocycles. The number of hydrogen-bond acceptors (Lipinski definition) is 7. The molecule has 0 spiro atoms. The van der Waals surface area contributed by atoms with Crippen LogP contribution in [0.25, 0.3) is 21.7 Å². The van der Waals surface area contributed by atoms with E-state index in [9.17, 15) is 5.11 Å². The number of piperidine rings is 1. The van der Waals surface area contributed by atoms with Crippen LogP contribution in [0.5, 0.6) is 0 Å². The molecule has 26 heavy (non-hydrogen) atoms. The standard InChI is InChI=1S/C19H22N4O2S/c1-11(24)14-5-6-15(18-20-7-8-26-18)17-16(14)22-19(25-17)23-9-12-3-2-4-13(10-23)21-12/h5-8,11-13,21,24H,2-4,9-10H2,1H3. The number of aromatic nitrogens is 2. The summed E-state index contributed by atoms with van der Waals surface area (Å²) in [6, 6.07) is 5.58. The van der Waals surface area contributed by atoms with Gasteiger partial charge in [0.25, 0.3) is 6.01 Å². The maximum absolute atomic E-state index is 10.2. The zero-order valence-electron chi connectivity index (χ0n) is 14.7. The number of benzene rings is 1. The van der Waals surface area contributed by atoms with E-state index < -0.39 is 6.10 Å². The summed E-state index contributed by atoms with van der Waals surface area (Å²) < 4.78 is 6.26. The monoisotopic (exact) mass is 370 g/mol. The molecule has 7 heteroatoms. The van der Waals surface area contributed by atoms with Crippen LogP contribution >= 0.6 is 11.3 Å². The Morgan fingerprint density at radius 3 is 2.81 bits per heavy atom. The van der Waals surface area contributed by atoms with Crippen LogP contribution in [0.3, 0.4) is 0 Å². The van der Waals surface area contributed by atoms with Gasteiger partial charge in [0.15, 0.2) is 5.58 Å². The molecule has 2 aliphatic heterocycles. The van der Waals surface area contributed by atoms with Gasteiger partial charge < -0.3 is 19.7 Å². The van der Waals surface area contributed by atoms with E-state index in [-0.39, 0.29) is 0 Å². The van der Waals surface area contributed by atoms with E-state index in [0.29, 0.717) is 18.1 Å². The van der Waals surface area contributed by atoms with Crippen molar-refractivity contribution in [1.82, 2.24) is 15.3 Å². The Kier molecular flexibility index (Phi) is 3.95. The largest absolute Gasteiger partial charge is 0.423 e. The van der Waals surface area contributed by atoms with Gasteiger partial charge in [0, 0.05) is 42.3 Å². The topological polar surface area (TPSA) is 74.4 Å². The molecular formula is C19H22N4O2S. The highest BCUT2D eigenvalue weighted by atomic mass is 32.1. The fraction of sp³-hybridized carbons (Fsp3) is 0.474. The van der Waals surface area contributed by atoms with Crippen molar-refractivity contribution in [2.45, 2.75) is 44.4 Å². The second-order valence-electron chi connectivity index (χ2n) is 7.29. The second kappa shape index (κ2) is 6.33. The van der Waals surface area contributed by atoms with Gasteiger partial charge in [-0.05, 0) is 25.8 Å². The van der Waals surface area contributed by atoms with E-state index in [4.69, 9.17) is 9.40 Å². The van der Waals surface area contributed by atoms with Crippen LogP contribution in [0, 0.1) is 0 Å². The van der Waals surface area contributed by atoms with Gasteiger partial charge in [0.1, 0.15) is 10.5 Å². The first-order valence-electron chi connectivity index (χ1n) is 9.21. The molecule has 0 radical (unpaired) electrons. The highest BCUT2D eigenvalue weighted by molar-refractivity contribution is 7.13. The van der Waals surface area contributed by atoms with Crippen molar-refractivity contribution in [2.24, 2.45) is 0 Å². The highest BCUT2D eigenvalue weighted by Gasteiger charge is 2.32. The zero-order chi connectivity index (χ0) is 17.7. The van der Waals surface area contributed by atoms with Crippen LogP contribution in [-0.2, 0) is 0 Å². The van der Waals surface area contributed by atoms with Gasteiger partial charge in [-0.1, -0.05) is 12.5 Å². The Balaban J connectivity index is 1.61. The Labute approximate surface area is 155 Å². The molecule has 1 aromatic carbocycles. The SMILES string of the molecule is CC(O)c1ccc(-c2nccs2)c2oc(N3CC4CCCC(C3)N4)nc12. The summed E-state index contributed by atoms with van der Waals surface area (Å²) in [6.07, 6.45) is 4.91. The average Bonchev–Trinajstić information content (AvgIpc) is 3.30. The third kappa shape index (κ3) is 2.71. The van der Waals surface area contributed by atoms with Crippen molar-refractivity contribution in [2.75, 3.05) is 18.0 Å².